The third-order valence-corrected chi connectivity index (χ3v) is 2.93. The van der Waals surface area contributed by atoms with E-state index in [2.05, 4.69) is 6.07 Å². The SMILES string of the molecule is Oc1cccc(C[NH+]2CCCCC2)c1. The molecule has 0 aliphatic carbocycles. The number of hydrogen-bond acceptors (Lipinski definition) is 1. The summed E-state index contributed by atoms with van der Waals surface area (Å²) in [6, 6.07) is 7.63. The molecular weight excluding hydrogens is 174 g/mol. The van der Waals surface area contributed by atoms with Gasteiger partial charge in [0.05, 0.1) is 13.1 Å². The largest absolute Gasteiger partial charge is 0.508 e. The maximum absolute atomic E-state index is 9.33. The summed E-state index contributed by atoms with van der Waals surface area (Å²) in [4.78, 5) is 1.65. The van der Waals surface area contributed by atoms with Crippen molar-refractivity contribution in [2.75, 3.05) is 13.1 Å². The van der Waals surface area contributed by atoms with E-state index >= 15 is 0 Å². The normalized spacial score (nSPS) is 18.3. The first-order valence-electron chi connectivity index (χ1n) is 5.46. The van der Waals surface area contributed by atoms with Gasteiger partial charge in [-0.15, -0.1) is 0 Å². The zero-order valence-electron chi connectivity index (χ0n) is 8.50. The van der Waals surface area contributed by atoms with E-state index in [1.165, 1.54) is 37.9 Å². The Hall–Kier alpha value is -1.02. The van der Waals surface area contributed by atoms with Crippen LogP contribution in [0.3, 0.4) is 0 Å². The first-order chi connectivity index (χ1) is 6.84. The Kier molecular flexibility index (Phi) is 3.04. The van der Waals surface area contributed by atoms with Crippen LogP contribution in [0.25, 0.3) is 0 Å². The molecule has 0 aromatic heterocycles. The molecule has 1 aliphatic rings. The van der Waals surface area contributed by atoms with Crippen LogP contribution in [-0.2, 0) is 6.54 Å². The molecule has 2 rings (SSSR count). The fourth-order valence-corrected chi connectivity index (χ4v) is 2.18. The number of nitrogens with one attached hydrogen (secondary N) is 1. The van der Waals surface area contributed by atoms with E-state index in [1.807, 2.05) is 12.1 Å². The second kappa shape index (κ2) is 4.47. The molecule has 1 heterocycles. The van der Waals surface area contributed by atoms with Crippen molar-refractivity contribution in [2.45, 2.75) is 25.8 Å². The van der Waals surface area contributed by atoms with E-state index in [9.17, 15) is 5.11 Å². The number of phenolic OH excluding ortho intramolecular Hbond substituents is 1. The van der Waals surface area contributed by atoms with Crippen LogP contribution in [0.1, 0.15) is 24.8 Å². The topological polar surface area (TPSA) is 24.7 Å². The van der Waals surface area contributed by atoms with Crippen LogP contribution >= 0.6 is 0 Å². The number of hydrogen-bond donors (Lipinski definition) is 2. The highest BCUT2D eigenvalue weighted by atomic mass is 16.3. The highest BCUT2D eigenvalue weighted by Gasteiger charge is 2.13. The van der Waals surface area contributed by atoms with Crippen LogP contribution in [0.2, 0.25) is 0 Å². The number of rotatable bonds is 2. The minimum Gasteiger partial charge on any atom is -0.508 e. The molecule has 2 nitrogen and oxygen atoms in total. The number of quaternary nitrogens is 1. The summed E-state index contributed by atoms with van der Waals surface area (Å²) in [6.45, 7) is 3.64. The standard InChI is InChI=1S/C12H17NO/c14-12-6-4-5-11(9-12)10-13-7-2-1-3-8-13/h4-6,9,14H,1-3,7-8,10H2/p+1. The Morgan fingerprint density at radius 2 is 1.93 bits per heavy atom. The molecule has 0 radical (unpaired) electrons. The first-order valence-corrected chi connectivity index (χ1v) is 5.46. The van der Waals surface area contributed by atoms with Crippen molar-refractivity contribution in [3.05, 3.63) is 29.8 Å². The van der Waals surface area contributed by atoms with Crippen LogP contribution in [0, 0.1) is 0 Å². The van der Waals surface area contributed by atoms with E-state index in [1.54, 1.807) is 11.0 Å². The van der Waals surface area contributed by atoms with Gasteiger partial charge in [-0.2, -0.15) is 0 Å². The zero-order valence-corrected chi connectivity index (χ0v) is 8.50. The summed E-state index contributed by atoms with van der Waals surface area (Å²) in [5.74, 6) is 0.388. The molecule has 1 saturated heterocycles. The number of piperidine rings is 1. The monoisotopic (exact) mass is 192 g/mol. The molecule has 0 amide bonds. The first kappa shape index (κ1) is 9.53. The molecule has 0 atom stereocenters. The minimum atomic E-state index is 0.388. The third-order valence-electron chi connectivity index (χ3n) is 2.93. The summed E-state index contributed by atoms with van der Waals surface area (Å²) in [7, 11) is 0. The number of likely N-dealkylation sites (tertiary alicyclic amines) is 1. The number of benzene rings is 1. The van der Waals surface area contributed by atoms with Crippen LogP contribution < -0.4 is 4.90 Å². The van der Waals surface area contributed by atoms with Gasteiger partial charge in [0.25, 0.3) is 0 Å². The molecule has 0 bridgehead atoms. The predicted molar refractivity (Wildman–Crippen MR) is 56.4 cm³/mol. The molecule has 0 spiro atoms. The van der Waals surface area contributed by atoms with Crippen molar-refractivity contribution < 1.29 is 10.0 Å². The third kappa shape index (κ3) is 2.48. The van der Waals surface area contributed by atoms with Gasteiger partial charge in [-0.25, -0.2) is 0 Å². The highest BCUT2D eigenvalue weighted by Crippen LogP contribution is 2.09. The average Bonchev–Trinajstić information content (AvgIpc) is 2.19. The lowest BCUT2D eigenvalue weighted by molar-refractivity contribution is -0.918. The molecular formula is C12H18NO+. The van der Waals surface area contributed by atoms with Crippen LogP contribution in [0.15, 0.2) is 24.3 Å². The Labute approximate surface area is 85.2 Å². The van der Waals surface area contributed by atoms with E-state index in [0.29, 0.717) is 5.75 Å². The molecule has 76 valence electrons. The van der Waals surface area contributed by atoms with Gasteiger partial charge in [0.2, 0.25) is 0 Å². The van der Waals surface area contributed by atoms with Gasteiger partial charge in [0.1, 0.15) is 12.3 Å². The van der Waals surface area contributed by atoms with Crippen LogP contribution in [0.4, 0.5) is 0 Å². The van der Waals surface area contributed by atoms with Crippen molar-refractivity contribution in [3.63, 3.8) is 0 Å². The smallest absolute Gasteiger partial charge is 0.116 e. The highest BCUT2D eigenvalue weighted by molar-refractivity contribution is 5.26. The summed E-state index contributed by atoms with van der Waals surface area (Å²) in [5, 5.41) is 9.33. The molecule has 1 fully saturated rings. The molecule has 2 N–H and O–H groups in total. The quantitative estimate of drug-likeness (QED) is 0.717. The van der Waals surface area contributed by atoms with Gasteiger partial charge < -0.3 is 10.0 Å². The lowest BCUT2D eigenvalue weighted by Gasteiger charge is -2.23. The number of aromatic hydroxyl groups is 1. The van der Waals surface area contributed by atoms with E-state index < -0.39 is 0 Å². The fraction of sp³-hybridized carbons (Fsp3) is 0.500. The minimum absolute atomic E-state index is 0.388. The Bertz CT molecular complexity index is 292. The Morgan fingerprint density at radius 1 is 1.14 bits per heavy atom. The van der Waals surface area contributed by atoms with Gasteiger partial charge in [-0.1, -0.05) is 12.1 Å². The van der Waals surface area contributed by atoms with Crippen molar-refractivity contribution >= 4 is 0 Å². The van der Waals surface area contributed by atoms with Crippen molar-refractivity contribution in [1.82, 2.24) is 0 Å². The second-order valence-corrected chi connectivity index (χ2v) is 4.16. The van der Waals surface area contributed by atoms with Crippen molar-refractivity contribution in [3.8, 4) is 5.75 Å². The van der Waals surface area contributed by atoms with E-state index in [0.717, 1.165) is 6.54 Å². The zero-order chi connectivity index (χ0) is 9.80. The number of phenols is 1. The summed E-state index contributed by atoms with van der Waals surface area (Å²) in [5.41, 5.74) is 1.25. The maximum Gasteiger partial charge on any atom is 0.116 e. The molecule has 0 saturated carbocycles. The van der Waals surface area contributed by atoms with Crippen LogP contribution in [-0.4, -0.2) is 18.2 Å². The Balaban J connectivity index is 1.95. The molecule has 0 unspecified atom stereocenters. The second-order valence-electron chi connectivity index (χ2n) is 4.16. The van der Waals surface area contributed by atoms with Gasteiger partial charge in [-0.3, -0.25) is 0 Å². The molecule has 2 heteroatoms. The van der Waals surface area contributed by atoms with Gasteiger partial charge in [-0.05, 0) is 31.4 Å². The molecule has 1 aliphatic heterocycles. The average molecular weight is 192 g/mol. The van der Waals surface area contributed by atoms with E-state index in [4.69, 9.17) is 0 Å². The predicted octanol–water partition coefficient (Wildman–Crippen LogP) is 0.961. The molecule has 1 aromatic rings. The van der Waals surface area contributed by atoms with E-state index in [-0.39, 0.29) is 0 Å². The maximum atomic E-state index is 9.33. The summed E-state index contributed by atoms with van der Waals surface area (Å²) in [6.07, 6.45) is 4.10. The van der Waals surface area contributed by atoms with Gasteiger partial charge >= 0.3 is 0 Å². The van der Waals surface area contributed by atoms with Crippen molar-refractivity contribution in [1.29, 1.82) is 0 Å². The molecule has 1 aromatic carbocycles. The lowest BCUT2D eigenvalue weighted by atomic mass is 10.1. The summed E-state index contributed by atoms with van der Waals surface area (Å²) < 4.78 is 0. The molecule has 14 heavy (non-hydrogen) atoms. The lowest BCUT2D eigenvalue weighted by Crippen LogP contribution is -3.11. The summed E-state index contributed by atoms with van der Waals surface area (Å²) >= 11 is 0. The van der Waals surface area contributed by atoms with Crippen LogP contribution in [0.5, 0.6) is 5.75 Å². The van der Waals surface area contributed by atoms with Gasteiger partial charge in [0, 0.05) is 5.56 Å². The van der Waals surface area contributed by atoms with Crippen molar-refractivity contribution in [2.24, 2.45) is 0 Å². The fourth-order valence-electron chi connectivity index (χ4n) is 2.18. The Morgan fingerprint density at radius 3 is 2.64 bits per heavy atom. The van der Waals surface area contributed by atoms with Gasteiger partial charge in [0.15, 0.2) is 0 Å².